The number of benzene rings is 1. The number of thiocarbonyl (C=S) groups is 1. The van der Waals surface area contributed by atoms with Gasteiger partial charge in [-0.05, 0) is 55.4 Å². The normalized spacial score (nSPS) is 16.3. The Balaban J connectivity index is 1.26. The van der Waals surface area contributed by atoms with Gasteiger partial charge in [-0.3, -0.25) is 0 Å². The SMILES string of the molecule is CCc1nc(N2CCN(C(=S)NCCc3ccccc3)CC2)c2c3c(sc2n1)CCCC3. The predicted octanol–water partition coefficient (Wildman–Crippen LogP) is 4.37. The van der Waals surface area contributed by atoms with Gasteiger partial charge in [0.1, 0.15) is 16.5 Å². The van der Waals surface area contributed by atoms with Gasteiger partial charge in [0, 0.05) is 44.0 Å². The second-order valence-electron chi connectivity index (χ2n) is 8.65. The summed E-state index contributed by atoms with van der Waals surface area (Å²) in [7, 11) is 0. The standard InChI is InChI=1S/C25H31N5S2/c1-2-21-27-23(22-19-10-6-7-11-20(19)32-24(22)28-21)29-14-16-30(17-15-29)25(31)26-13-12-18-8-4-3-5-9-18/h3-5,8-9H,2,6-7,10-17H2,1H3,(H,26,31). The molecule has 1 N–H and O–H groups in total. The van der Waals surface area contributed by atoms with E-state index >= 15 is 0 Å². The number of aryl methyl sites for hydroxylation is 3. The number of hydrogen-bond acceptors (Lipinski definition) is 5. The summed E-state index contributed by atoms with van der Waals surface area (Å²) in [6, 6.07) is 10.6. The molecule has 168 valence electrons. The Labute approximate surface area is 199 Å². The van der Waals surface area contributed by atoms with Crippen LogP contribution in [0.15, 0.2) is 30.3 Å². The highest BCUT2D eigenvalue weighted by Gasteiger charge is 2.26. The lowest BCUT2D eigenvalue weighted by molar-refractivity contribution is 0.379. The van der Waals surface area contributed by atoms with Gasteiger partial charge in [0.2, 0.25) is 0 Å². The molecule has 5 nitrogen and oxygen atoms in total. The largest absolute Gasteiger partial charge is 0.362 e. The van der Waals surface area contributed by atoms with Crippen LogP contribution >= 0.6 is 23.6 Å². The lowest BCUT2D eigenvalue weighted by Crippen LogP contribution is -2.52. The zero-order valence-corrected chi connectivity index (χ0v) is 20.4. The van der Waals surface area contributed by atoms with Gasteiger partial charge >= 0.3 is 0 Å². The molecule has 0 amide bonds. The third kappa shape index (κ3) is 4.46. The van der Waals surface area contributed by atoms with Crippen LogP contribution in [0.4, 0.5) is 5.82 Å². The van der Waals surface area contributed by atoms with Crippen LogP contribution in [-0.4, -0.2) is 52.7 Å². The summed E-state index contributed by atoms with van der Waals surface area (Å²) in [6.45, 7) is 6.76. The third-order valence-corrected chi connectivity index (χ3v) is 8.15. The van der Waals surface area contributed by atoms with E-state index in [1.54, 1.807) is 0 Å². The Bertz CT molecular complexity index is 1090. The predicted molar refractivity (Wildman–Crippen MR) is 138 cm³/mol. The highest BCUT2D eigenvalue weighted by atomic mass is 32.1. The van der Waals surface area contributed by atoms with E-state index in [-0.39, 0.29) is 0 Å². The molecule has 0 spiro atoms. The molecule has 3 heterocycles. The Morgan fingerprint density at radius 1 is 1.06 bits per heavy atom. The maximum absolute atomic E-state index is 5.70. The van der Waals surface area contributed by atoms with Crippen molar-refractivity contribution in [3.8, 4) is 0 Å². The fourth-order valence-corrected chi connectivity index (χ4v) is 6.32. The molecule has 0 bridgehead atoms. The average Bonchev–Trinajstić information content (AvgIpc) is 3.22. The van der Waals surface area contributed by atoms with Gasteiger partial charge in [-0.25, -0.2) is 9.97 Å². The van der Waals surface area contributed by atoms with Gasteiger partial charge in [0.05, 0.1) is 5.39 Å². The Kier molecular flexibility index (Phi) is 6.55. The minimum atomic E-state index is 0.871. The van der Waals surface area contributed by atoms with Crippen molar-refractivity contribution in [3.05, 3.63) is 52.2 Å². The summed E-state index contributed by atoms with van der Waals surface area (Å²) < 4.78 is 0. The number of rotatable bonds is 5. The van der Waals surface area contributed by atoms with E-state index in [4.69, 9.17) is 22.2 Å². The minimum absolute atomic E-state index is 0.871. The van der Waals surface area contributed by atoms with Crippen LogP contribution < -0.4 is 10.2 Å². The van der Waals surface area contributed by atoms with Gasteiger partial charge < -0.3 is 15.1 Å². The van der Waals surface area contributed by atoms with E-state index < -0.39 is 0 Å². The lowest BCUT2D eigenvalue weighted by atomic mass is 9.97. The van der Waals surface area contributed by atoms with Crippen LogP contribution in [0.5, 0.6) is 0 Å². The van der Waals surface area contributed by atoms with Crippen molar-refractivity contribution in [2.24, 2.45) is 0 Å². The molecule has 5 rings (SSSR count). The van der Waals surface area contributed by atoms with Crippen LogP contribution in [-0.2, 0) is 25.7 Å². The van der Waals surface area contributed by atoms with Gasteiger partial charge in [-0.15, -0.1) is 11.3 Å². The van der Waals surface area contributed by atoms with Crippen molar-refractivity contribution in [3.63, 3.8) is 0 Å². The van der Waals surface area contributed by atoms with Gasteiger partial charge in [-0.1, -0.05) is 37.3 Å². The number of hydrogen-bond donors (Lipinski definition) is 1. The van der Waals surface area contributed by atoms with E-state index in [0.717, 1.165) is 62.3 Å². The van der Waals surface area contributed by atoms with Crippen molar-refractivity contribution >= 4 is 44.7 Å². The van der Waals surface area contributed by atoms with Gasteiger partial charge in [-0.2, -0.15) is 0 Å². The molecule has 0 atom stereocenters. The number of nitrogens with one attached hydrogen (secondary N) is 1. The number of thiophene rings is 1. The maximum atomic E-state index is 5.70. The van der Waals surface area contributed by atoms with E-state index in [9.17, 15) is 0 Å². The Morgan fingerprint density at radius 3 is 2.62 bits per heavy atom. The number of aromatic nitrogens is 2. The zero-order chi connectivity index (χ0) is 21.9. The lowest BCUT2D eigenvalue weighted by Gasteiger charge is -2.37. The summed E-state index contributed by atoms with van der Waals surface area (Å²) in [6.07, 6.45) is 6.82. The van der Waals surface area contributed by atoms with Crippen LogP contribution in [0.2, 0.25) is 0 Å². The molecule has 0 saturated carbocycles. The smallest absolute Gasteiger partial charge is 0.169 e. The van der Waals surface area contributed by atoms with Gasteiger partial charge in [0.25, 0.3) is 0 Å². The Morgan fingerprint density at radius 2 is 1.84 bits per heavy atom. The molecular weight excluding hydrogens is 434 g/mol. The zero-order valence-electron chi connectivity index (χ0n) is 18.8. The topological polar surface area (TPSA) is 44.3 Å². The molecule has 3 aromatic rings. The monoisotopic (exact) mass is 465 g/mol. The molecule has 7 heteroatoms. The van der Waals surface area contributed by atoms with Crippen molar-refractivity contribution in [2.75, 3.05) is 37.6 Å². The van der Waals surface area contributed by atoms with Crippen LogP contribution in [0, 0.1) is 0 Å². The summed E-state index contributed by atoms with van der Waals surface area (Å²) in [5, 5.41) is 5.66. The fourth-order valence-electron chi connectivity index (χ4n) is 4.76. The molecule has 1 aromatic carbocycles. The first kappa shape index (κ1) is 21.6. The first-order valence-corrected chi connectivity index (χ1v) is 13.1. The average molecular weight is 466 g/mol. The molecule has 1 aliphatic carbocycles. The molecule has 32 heavy (non-hydrogen) atoms. The van der Waals surface area contributed by atoms with E-state index in [2.05, 4.69) is 52.4 Å². The van der Waals surface area contributed by atoms with E-state index in [0.29, 0.717) is 0 Å². The summed E-state index contributed by atoms with van der Waals surface area (Å²) in [4.78, 5) is 17.4. The third-order valence-electron chi connectivity index (χ3n) is 6.56. The first-order chi connectivity index (χ1) is 15.7. The summed E-state index contributed by atoms with van der Waals surface area (Å²) >= 11 is 7.60. The number of anilines is 1. The minimum Gasteiger partial charge on any atom is -0.362 e. The van der Waals surface area contributed by atoms with Crippen LogP contribution in [0.1, 0.15) is 41.6 Å². The highest BCUT2D eigenvalue weighted by Crippen LogP contribution is 2.40. The Hall–Kier alpha value is -2.25. The molecule has 0 radical (unpaired) electrons. The number of fused-ring (bicyclic) bond motifs is 3. The summed E-state index contributed by atoms with van der Waals surface area (Å²) in [5.74, 6) is 2.13. The first-order valence-electron chi connectivity index (χ1n) is 11.9. The quantitative estimate of drug-likeness (QED) is 0.565. The van der Waals surface area contributed by atoms with Crippen molar-refractivity contribution < 1.29 is 0 Å². The van der Waals surface area contributed by atoms with Gasteiger partial charge in [0.15, 0.2) is 5.11 Å². The second-order valence-corrected chi connectivity index (χ2v) is 10.1. The molecule has 1 saturated heterocycles. The van der Waals surface area contributed by atoms with Crippen molar-refractivity contribution in [1.82, 2.24) is 20.2 Å². The second kappa shape index (κ2) is 9.71. The van der Waals surface area contributed by atoms with E-state index in [1.165, 1.54) is 51.9 Å². The fraction of sp³-hybridized carbons (Fsp3) is 0.480. The molecule has 1 fully saturated rings. The molecule has 1 aliphatic heterocycles. The molecule has 0 unspecified atom stereocenters. The maximum Gasteiger partial charge on any atom is 0.169 e. The molecule has 2 aromatic heterocycles. The van der Waals surface area contributed by atoms with Crippen molar-refractivity contribution in [1.29, 1.82) is 0 Å². The molecule has 2 aliphatic rings. The molecular formula is C25H31N5S2. The number of piperazine rings is 1. The number of nitrogens with zero attached hydrogens (tertiary/aromatic N) is 4. The van der Waals surface area contributed by atoms with Crippen molar-refractivity contribution in [2.45, 2.75) is 45.4 Å². The van der Waals surface area contributed by atoms with Crippen LogP contribution in [0.3, 0.4) is 0 Å². The summed E-state index contributed by atoms with van der Waals surface area (Å²) in [5.41, 5.74) is 2.86. The van der Waals surface area contributed by atoms with E-state index in [1.807, 2.05) is 11.3 Å². The van der Waals surface area contributed by atoms with Crippen LogP contribution in [0.25, 0.3) is 10.2 Å². The highest BCUT2D eigenvalue weighted by molar-refractivity contribution is 7.80.